The Kier molecular flexibility index (Phi) is 2.35. The van der Waals surface area contributed by atoms with Gasteiger partial charge in [0.05, 0.1) is 23.3 Å². The van der Waals surface area contributed by atoms with Gasteiger partial charge >= 0.3 is 0 Å². The molecule has 20 heavy (non-hydrogen) atoms. The van der Waals surface area contributed by atoms with E-state index < -0.39 is 0 Å². The van der Waals surface area contributed by atoms with Crippen molar-refractivity contribution in [3.05, 3.63) is 12.1 Å². The number of rotatable bonds is 1. The molecule has 1 aromatic carbocycles. The molecule has 3 N–H and O–H groups in total. The fourth-order valence-electron chi connectivity index (χ4n) is 3.35. The molecule has 4 rings (SSSR count). The second-order valence-corrected chi connectivity index (χ2v) is 5.39. The van der Waals surface area contributed by atoms with E-state index in [1.54, 1.807) is 0 Å². The van der Waals surface area contributed by atoms with E-state index in [1.807, 2.05) is 12.1 Å². The van der Waals surface area contributed by atoms with Crippen LogP contribution in [0.5, 0.6) is 0 Å². The molecule has 7 heteroatoms. The molecular weight excluding hydrogens is 258 g/mol. The zero-order chi connectivity index (χ0) is 13.7. The molecule has 2 saturated heterocycles. The first-order valence-corrected chi connectivity index (χ1v) is 6.81. The van der Waals surface area contributed by atoms with Crippen molar-refractivity contribution in [3.63, 3.8) is 0 Å². The number of carbonyl (C=O) groups excluding carboxylic acids is 1. The van der Waals surface area contributed by atoms with Crippen molar-refractivity contribution in [2.45, 2.75) is 18.9 Å². The molecule has 2 atom stereocenters. The van der Waals surface area contributed by atoms with Crippen LogP contribution >= 0.6 is 0 Å². The number of anilines is 2. The molecule has 2 fully saturated rings. The van der Waals surface area contributed by atoms with Crippen LogP contribution < -0.4 is 16.0 Å². The summed E-state index contributed by atoms with van der Waals surface area (Å²) in [5.41, 5.74) is 8.64. The van der Waals surface area contributed by atoms with Crippen LogP contribution in [-0.2, 0) is 4.79 Å². The van der Waals surface area contributed by atoms with Gasteiger partial charge in [0, 0.05) is 13.1 Å². The highest BCUT2D eigenvalue weighted by molar-refractivity contribution is 5.96. The molecule has 1 aromatic heterocycles. The Morgan fingerprint density at radius 1 is 1.35 bits per heavy atom. The van der Waals surface area contributed by atoms with Gasteiger partial charge in [0.15, 0.2) is 11.0 Å². The maximum atomic E-state index is 11.8. The third kappa shape index (κ3) is 1.49. The zero-order valence-corrected chi connectivity index (χ0v) is 10.9. The van der Waals surface area contributed by atoms with Crippen LogP contribution in [0, 0.1) is 5.92 Å². The van der Waals surface area contributed by atoms with E-state index in [-0.39, 0.29) is 17.9 Å². The van der Waals surface area contributed by atoms with Crippen LogP contribution in [0.4, 0.5) is 11.4 Å². The molecule has 0 bridgehead atoms. The van der Waals surface area contributed by atoms with Gasteiger partial charge in [-0.15, -0.1) is 0 Å². The first kappa shape index (κ1) is 11.5. The summed E-state index contributed by atoms with van der Waals surface area (Å²) in [7, 11) is 0. The summed E-state index contributed by atoms with van der Waals surface area (Å²) < 4.78 is 4.82. The lowest BCUT2D eigenvalue weighted by molar-refractivity contribution is -0.122. The van der Waals surface area contributed by atoms with E-state index in [2.05, 4.69) is 20.5 Å². The van der Waals surface area contributed by atoms with E-state index >= 15 is 0 Å². The van der Waals surface area contributed by atoms with Gasteiger partial charge in [0.25, 0.3) is 0 Å². The molecule has 2 aliphatic rings. The van der Waals surface area contributed by atoms with Gasteiger partial charge in [0.2, 0.25) is 5.91 Å². The van der Waals surface area contributed by atoms with Crippen LogP contribution in [0.25, 0.3) is 11.0 Å². The average molecular weight is 273 g/mol. The number of carbonyl (C=O) groups is 1. The molecule has 2 unspecified atom stereocenters. The number of fused-ring (bicyclic) bond motifs is 2. The fourth-order valence-corrected chi connectivity index (χ4v) is 3.35. The van der Waals surface area contributed by atoms with Crippen molar-refractivity contribution in [2.24, 2.45) is 5.92 Å². The van der Waals surface area contributed by atoms with E-state index in [4.69, 9.17) is 10.4 Å². The van der Waals surface area contributed by atoms with Gasteiger partial charge < -0.3 is 16.0 Å². The summed E-state index contributed by atoms with van der Waals surface area (Å²) in [5, 5.41) is 10.8. The first-order valence-electron chi connectivity index (χ1n) is 6.81. The van der Waals surface area contributed by atoms with E-state index in [9.17, 15) is 4.79 Å². The molecule has 2 aromatic rings. The molecule has 7 nitrogen and oxygen atoms in total. The monoisotopic (exact) mass is 273 g/mol. The van der Waals surface area contributed by atoms with Crippen LogP contribution in [0.1, 0.15) is 12.8 Å². The normalized spacial score (nSPS) is 25.8. The molecule has 3 heterocycles. The lowest BCUT2D eigenvalue weighted by Crippen LogP contribution is -2.45. The third-order valence-electron chi connectivity index (χ3n) is 4.34. The van der Waals surface area contributed by atoms with Gasteiger partial charge in [0.1, 0.15) is 0 Å². The summed E-state index contributed by atoms with van der Waals surface area (Å²) in [5.74, 6) is 0.223. The fraction of sp³-hybridized carbons (Fsp3) is 0.462. The lowest BCUT2D eigenvalue weighted by atomic mass is 9.91. The van der Waals surface area contributed by atoms with Crippen molar-refractivity contribution < 1.29 is 9.42 Å². The summed E-state index contributed by atoms with van der Waals surface area (Å²) in [6.07, 6.45) is 1.94. The highest BCUT2D eigenvalue weighted by Gasteiger charge is 2.41. The standard InChI is InChI=1S/C13H15N5O2/c14-8-3-4-9(12-11(8)16-20-17-12)18-5-1-2-7-10(18)6-15-13(7)19/h3-4,7,10H,1-2,5-6,14H2,(H,15,19). The number of nitrogens with one attached hydrogen (secondary N) is 1. The summed E-state index contributed by atoms with van der Waals surface area (Å²) in [6, 6.07) is 3.93. The lowest BCUT2D eigenvalue weighted by Gasteiger charge is -2.37. The summed E-state index contributed by atoms with van der Waals surface area (Å²) in [4.78, 5) is 14.1. The molecule has 0 spiro atoms. The van der Waals surface area contributed by atoms with Crippen LogP contribution in [0.2, 0.25) is 0 Å². The minimum atomic E-state index is 0.0659. The Hall–Kier alpha value is -2.31. The van der Waals surface area contributed by atoms with Gasteiger partial charge in [-0.05, 0) is 35.3 Å². The van der Waals surface area contributed by atoms with Crippen LogP contribution in [0.3, 0.4) is 0 Å². The minimum absolute atomic E-state index is 0.0659. The van der Waals surface area contributed by atoms with Gasteiger partial charge in [-0.25, -0.2) is 4.63 Å². The minimum Gasteiger partial charge on any atom is -0.397 e. The van der Waals surface area contributed by atoms with Crippen molar-refractivity contribution in [3.8, 4) is 0 Å². The number of hydrogen-bond acceptors (Lipinski definition) is 6. The largest absolute Gasteiger partial charge is 0.397 e. The first-order chi connectivity index (χ1) is 9.75. The zero-order valence-electron chi connectivity index (χ0n) is 10.9. The van der Waals surface area contributed by atoms with E-state index in [1.165, 1.54) is 0 Å². The number of piperidine rings is 1. The van der Waals surface area contributed by atoms with Crippen molar-refractivity contribution in [1.82, 2.24) is 15.6 Å². The quantitative estimate of drug-likeness (QED) is 0.735. The second-order valence-electron chi connectivity index (χ2n) is 5.39. The Morgan fingerprint density at radius 2 is 2.20 bits per heavy atom. The molecular formula is C13H15N5O2. The molecule has 0 aliphatic carbocycles. The molecule has 104 valence electrons. The number of aromatic nitrogens is 2. The number of nitrogens with zero attached hydrogens (tertiary/aromatic N) is 3. The number of hydrogen-bond donors (Lipinski definition) is 2. The Labute approximate surface area is 115 Å². The summed E-state index contributed by atoms with van der Waals surface area (Å²) in [6.45, 7) is 1.59. The average Bonchev–Trinajstić information content (AvgIpc) is 3.08. The third-order valence-corrected chi connectivity index (χ3v) is 4.34. The Balaban J connectivity index is 1.80. The maximum Gasteiger partial charge on any atom is 0.225 e. The number of amides is 1. The van der Waals surface area contributed by atoms with Crippen LogP contribution in [-0.4, -0.2) is 35.4 Å². The predicted octanol–water partition coefficient (Wildman–Crippen LogP) is 0.520. The maximum absolute atomic E-state index is 11.8. The predicted molar refractivity (Wildman–Crippen MR) is 73.1 cm³/mol. The Bertz CT molecular complexity index is 682. The van der Waals surface area contributed by atoms with Gasteiger partial charge in [-0.3, -0.25) is 4.79 Å². The molecule has 0 saturated carbocycles. The number of nitrogen functional groups attached to an aromatic ring is 1. The van der Waals surface area contributed by atoms with Crippen molar-refractivity contribution in [1.29, 1.82) is 0 Å². The Morgan fingerprint density at radius 3 is 3.10 bits per heavy atom. The van der Waals surface area contributed by atoms with Gasteiger partial charge in [-0.2, -0.15) is 0 Å². The van der Waals surface area contributed by atoms with E-state index in [0.29, 0.717) is 23.3 Å². The molecule has 1 amide bonds. The van der Waals surface area contributed by atoms with Gasteiger partial charge in [-0.1, -0.05) is 0 Å². The van der Waals surface area contributed by atoms with Crippen molar-refractivity contribution >= 4 is 28.3 Å². The number of benzene rings is 1. The van der Waals surface area contributed by atoms with Crippen molar-refractivity contribution in [2.75, 3.05) is 23.7 Å². The smallest absolute Gasteiger partial charge is 0.225 e. The van der Waals surface area contributed by atoms with E-state index in [0.717, 1.165) is 25.1 Å². The highest BCUT2D eigenvalue weighted by atomic mass is 16.6. The topological polar surface area (TPSA) is 97.3 Å². The van der Waals surface area contributed by atoms with Crippen LogP contribution in [0.15, 0.2) is 16.8 Å². The second kappa shape index (κ2) is 4.09. The molecule has 2 aliphatic heterocycles. The SMILES string of the molecule is Nc1ccc(N2CCCC3C(=O)NCC32)c2nonc12. The highest BCUT2D eigenvalue weighted by Crippen LogP contribution is 2.35. The number of nitrogens with two attached hydrogens (primary N) is 1. The summed E-state index contributed by atoms with van der Waals surface area (Å²) >= 11 is 0. The molecule has 0 radical (unpaired) electrons.